The lowest BCUT2D eigenvalue weighted by atomic mass is 10.2. The van der Waals surface area contributed by atoms with Crippen molar-refractivity contribution < 1.29 is 13.9 Å². The van der Waals surface area contributed by atoms with Gasteiger partial charge >= 0.3 is 6.03 Å². The van der Waals surface area contributed by atoms with Crippen molar-refractivity contribution in [3.8, 4) is 0 Å². The van der Waals surface area contributed by atoms with E-state index in [4.69, 9.17) is 4.74 Å². The van der Waals surface area contributed by atoms with Crippen LogP contribution in [0.3, 0.4) is 0 Å². The van der Waals surface area contributed by atoms with Crippen molar-refractivity contribution in [2.45, 2.75) is 6.92 Å². The number of ether oxygens (including phenoxy) is 1. The maximum atomic E-state index is 12.8. The molecule has 1 rings (SSSR count). The van der Waals surface area contributed by atoms with Crippen LogP contribution < -0.4 is 10.6 Å². The molecule has 1 aromatic carbocycles. The van der Waals surface area contributed by atoms with E-state index >= 15 is 0 Å². The van der Waals surface area contributed by atoms with Crippen LogP contribution in [0, 0.1) is 12.7 Å². The molecule has 5 heteroatoms. The average molecular weight is 226 g/mol. The van der Waals surface area contributed by atoms with Gasteiger partial charge in [-0.1, -0.05) is 0 Å². The Kier molecular flexibility index (Phi) is 4.72. The first kappa shape index (κ1) is 12.4. The number of halogens is 1. The molecule has 0 fully saturated rings. The Labute approximate surface area is 93.8 Å². The van der Waals surface area contributed by atoms with Crippen LogP contribution in [0.2, 0.25) is 0 Å². The highest BCUT2D eigenvalue weighted by atomic mass is 19.1. The molecule has 0 unspecified atom stereocenters. The molecule has 0 bridgehead atoms. The number of urea groups is 1. The number of hydrogen-bond donors (Lipinski definition) is 2. The van der Waals surface area contributed by atoms with E-state index in [-0.39, 0.29) is 11.8 Å². The lowest BCUT2D eigenvalue weighted by Gasteiger charge is -2.09. The zero-order chi connectivity index (χ0) is 12.0. The Morgan fingerprint density at radius 3 is 2.88 bits per heavy atom. The zero-order valence-corrected chi connectivity index (χ0v) is 9.34. The van der Waals surface area contributed by atoms with Gasteiger partial charge < -0.3 is 15.4 Å². The summed E-state index contributed by atoms with van der Waals surface area (Å²) in [6, 6.07) is 3.87. The fourth-order valence-electron chi connectivity index (χ4n) is 1.20. The first-order valence-electron chi connectivity index (χ1n) is 4.93. The molecule has 0 aliphatic heterocycles. The molecule has 0 saturated carbocycles. The third kappa shape index (κ3) is 3.86. The maximum absolute atomic E-state index is 12.8. The second-order valence-corrected chi connectivity index (χ2v) is 3.33. The first-order chi connectivity index (χ1) is 7.63. The Morgan fingerprint density at radius 1 is 1.50 bits per heavy atom. The molecule has 1 aromatic rings. The molecular formula is C11H15FN2O2. The predicted molar refractivity (Wildman–Crippen MR) is 60.0 cm³/mol. The van der Waals surface area contributed by atoms with Gasteiger partial charge in [0.1, 0.15) is 5.82 Å². The number of carbonyl (C=O) groups is 1. The zero-order valence-electron chi connectivity index (χ0n) is 9.34. The summed E-state index contributed by atoms with van der Waals surface area (Å²) >= 11 is 0. The summed E-state index contributed by atoms with van der Waals surface area (Å²) in [5, 5.41) is 5.23. The normalized spacial score (nSPS) is 9.94. The quantitative estimate of drug-likeness (QED) is 0.770. The molecule has 0 atom stereocenters. The molecular weight excluding hydrogens is 211 g/mol. The number of amides is 2. The Hall–Kier alpha value is -1.62. The van der Waals surface area contributed by atoms with E-state index in [1.807, 2.05) is 0 Å². The van der Waals surface area contributed by atoms with E-state index in [9.17, 15) is 9.18 Å². The molecule has 2 N–H and O–H groups in total. The molecule has 4 nitrogen and oxygen atoms in total. The van der Waals surface area contributed by atoms with Crippen molar-refractivity contribution in [3.05, 3.63) is 29.6 Å². The van der Waals surface area contributed by atoms with Gasteiger partial charge in [0.15, 0.2) is 0 Å². The lowest BCUT2D eigenvalue weighted by molar-refractivity contribution is 0.198. The lowest BCUT2D eigenvalue weighted by Crippen LogP contribution is -2.31. The Bertz CT molecular complexity index is 369. The molecule has 0 aliphatic rings. The van der Waals surface area contributed by atoms with Gasteiger partial charge in [-0.05, 0) is 30.7 Å². The van der Waals surface area contributed by atoms with Gasteiger partial charge in [0, 0.05) is 19.3 Å². The van der Waals surface area contributed by atoms with Crippen LogP contribution in [0.15, 0.2) is 18.2 Å². The van der Waals surface area contributed by atoms with Crippen molar-refractivity contribution in [1.29, 1.82) is 0 Å². The highest BCUT2D eigenvalue weighted by Crippen LogP contribution is 2.15. The SMILES string of the molecule is COCCNC(=O)Nc1ccc(F)cc1C. The fourth-order valence-corrected chi connectivity index (χ4v) is 1.20. The Balaban J connectivity index is 2.49. The molecule has 2 amide bonds. The third-order valence-corrected chi connectivity index (χ3v) is 2.03. The van der Waals surface area contributed by atoms with Gasteiger partial charge in [-0.15, -0.1) is 0 Å². The van der Waals surface area contributed by atoms with E-state index in [1.165, 1.54) is 18.2 Å². The summed E-state index contributed by atoms with van der Waals surface area (Å²) in [5.41, 5.74) is 1.28. The van der Waals surface area contributed by atoms with Gasteiger partial charge in [-0.25, -0.2) is 9.18 Å². The summed E-state index contributed by atoms with van der Waals surface area (Å²) in [6.07, 6.45) is 0. The highest BCUT2D eigenvalue weighted by molar-refractivity contribution is 5.89. The molecule has 0 aliphatic carbocycles. The summed E-state index contributed by atoms with van der Waals surface area (Å²) in [5.74, 6) is -0.317. The van der Waals surface area contributed by atoms with E-state index in [0.29, 0.717) is 24.4 Å². The summed E-state index contributed by atoms with van der Waals surface area (Å²) in [7, 11) is 1.56. The molecule has 16 heavy (non-hydrogen) atoms. The number of hydrogen-bond acceptors (Lipinski definition) is 2. The third-order valence-electron chi connectivity index (χ3n) is 2.03. The monoisotopic (exact) mass is 226 g/mol. The minimum atomic E-state index is -0.327. The smallest absolute Gasteiger partial charge is 0.319 e. The number of nitrogens with one attached hydrogen (secondary N) is 2. The number of rotatable bonds is 4. The molecule has 0 saturated heterocycles. The van der Waals surface area contributed by atoms with Crippen molar-refractivity contribution >= 4 is 11.7 Å². The maximum Gasteiger partial charge on any atom is 0.319 e. The Morgan fingerprint density at radius 2 is 2.25 bits per heavy atom. The topological polar surface area (TPSA) is 50.4 Å². The van der Waals surface area contributed by atoms with Crippen LogP contribution in [0.1, 0.15) is 5.56 Å². The number of methoxy groups -OCH3 is 1. The van der Waals surface area contributed by atoms with Crippen LogP contribution in [-0.4, -0.2) is 26.3 Å². The molecule has 0 spiro atoms. The van der Waals surface area contributed by atoms with E-state index in [0.717, 1.165) is 0 Å². The molecule has 0 radical (unpaired) electrons. The number of anilines is 1. The summed E-state index contributed by atoms with van der Waals surface area (Å²) < 4.78 is 17.6. The highest BCUT2D eigenvalue weighted by Gasteiger charge is 2.04. The average Bonchev–Trinajstić information content (AvgIpc) is 2.23. The van der Waals surface area contributed by atoms with Gasteiger partial charge in [-0.2, -0.15) is 0 Å². The van der Waals surface area contributed by atoms with Gasteiger partial charge in [-0.3, -0.25) is 0 Å². The van der Waals surface area contributed by atoms with Crippen LogP contribution in [-0.2, 0) is 4.74 Å². The molecule has 88 valence electrons. The molecule has 0 heterocycles. The minimum absolute atomic E-state index is 0.317. The predicted octanol–water partition coefficient (Wildman–Crippen LogP) is 1.90. The molecule has 0 aromatic heterocycles. The van der Waals surface area contributed by atoms with E-state index < -0.39 is 0 Å². The van der Waals surface area contributed by atoms with E-state index in [1.54, 1.807) is 14.0 Å². The van der Waals surface area contributed by atoms with Crippen molar-refractivity contribution in [2.24, 2.45) is 0 Å². The second kappa shape index (κ2) is 6.07. The van der Waals surface area contributed by atoms with Crippen LogP contribution in [0.4, 0.5) is 14.9 Å². The number of benzene rings is 1. The van der Waals surface area contributed by atoms with Crippen LogP contribution in [0.5, 0.6) is 0 Å². The van der Waals surface area contributed by atoms with Crippen LogP contribution in [0.25, 0.3) is 0 Å². The number of carbonyl (C=O) groups excluding carboxylic acids is 1. The van der Waals surface area contributed by atoms with Crippen LogP contribution >= 0.6 is 0 Å². The first-order valence-corrected chi connectivity index (χ1v) is 4.93. The summed E-state index contributed by atoms with van der Waals surface area (Å²) in [4.78, 5) is 11.4. The summed E-state index contributed by atoms with van der Waals surface area (Å²) in [6.45, 7) is 2.62. The van der Waals surface area contributed by atoms with Gasteiger partial charge in [0.2, 0.25) is 0 Å². The second-order valence-electron chi connectivity index (χ2n) is 3.33. The van der Waals surface area contributed by atoms with Gasteiger partial charge in [0.05, 0.1) is 6.61 Å². The minimum Gasteiger partial charge on any atom is -0.383 e. The van der Waals surface area contributed by atoms with E-state index in [2.05, 4.69) is 10.6 Å². The van der Waals surface area contributed by atoms with Gasteiger partial charge in [0.25, 0.3) is 0 Å². The van der Waals surface area contributed by atoms with Crippen molar-refractivity contribution in [2.75, 3.05) is 25.6 Å². The largest absolute Gasteiger partial charge is 0.383 e. The van der Waals surface area contributed by atoms with Crippen molar-refractivity contribution in [3.63, 3.8) is 0 Å². The standard InChI is InChI=1S/C11H15FN2O2/c1-8-7-9(12)3-4-10(8)14-11(15)13-5-6-16-2/h3-4,7H,5-6H2,1-2H3,(H2,13,14,15). The number of aryl methyl sites for hydroxylation is 1. The van der Waals surface area contributed by atoms with Crippen molar-refractivity contribution in [1.82, 2.24) is 5.32 Å². The fraction of sp³-hybridized carbons (Fsp3) is 0.364.